The molecule has 0 atom stereocenters. The molecule has 2 rings (SSSR count). The number of phenols is 1. The number of ketones is 1. The topological polar surface area (TPSA) is 37.3 Å². The average molecular weight is 240 g/mol. The quantitative estimate of drug-likeness (QED) is 0.828. The molecule has 2 aromatic rings. The zero-order chi connectivity index (χ0) is 13.1. The second-order valence-corrected chi connectivity index (χ2v) is 4.33. The minimum absolute atomic E-state index is 0.101. The Hall–Kier alpha value is -2.09. The van der Waals surface area contributed by atoms with Crippen molar-refractivity contribution in [3.63, 3.8) is 0 Å². The minimum atomic E-state index is 0.101. The number of aromatic hydroxyl groups is 1. The number of aryl methyl sites for hydroxylation is 1. The molecule has 0 radical (unpaired) electrons. The molecule has 0 spiro atoms. The number of carbonyl (C=O) groups excluding carboxylic acids is 1. The van der Waals surface area contributed by atoms with E-state index in [0.717, 1.165) is 28.7 Å². The minimum Gasteiger partial charge on any atom is -0.508 e. The SMILES string of the molecule is CCc1cc(-c2ccc(O)cc2)ccc1C(C)=O. The lowest BCUT2D eigenvalue weighted by Crippen LogP contribution is -1.98. The van der Waals surface area contributed by atoms with Crippen LogP contribution in [-0.2, 0) is 6.42 Å². The summed E-state index contributed by atoms with van der Waals surface area (Å²) in [5.41, 5.74) is 3.96. The first-order valence-electron chi connectivity index (χ1n) is 6.05. The summed E-state index contributed by atoms with van der Waals surface area (Å²) in [6.45, 7) is 3.64. The van der Waals surface area contributed by atoms with Gasteiger partial charge in [-0.1, -0.05) is 37.3 Å². The highest BCUT2D eigenvalue weighted by Gasteiger charge is 2.07. The fourth-order valence-electron chi connectivity index (χ4n) is 2.06. The molecule has 0 bridgehead atoms. The van der Waals surface area contributed by atoms with Gasteiger partial charge in [-0.25, -0.2) is 0 Å². The predicted octanol–water partition coefficient (Wildman–Crippen LogP) is 3.82. The van der Waals surface area contributed by atoms with Gasteiger partial charge in [0.1, 0.15) is 5.75 Å². The number of hydrogen-bond donors (Lipinski definition) is 1. The summed E-state index contributed by atoms with van der Waals surface area (Å²) < 4.78 is 0. The van der Waals surface area contributed by atoms with E-state index in [1.54, 1.807) is 19.1 Å². The molecule has 2 heteroatoms. The van der Waals surface area contributed by atoms with Crippen molar-refractivity contribution in [1.29, 1.82) is 0 Å². The molecule has 0 heterocycles. The summed E-state index contributed by atoms with van der Waals surface area (Å²) in [4.78, 5) is 11.5. The van der Waals surface area contributed by atoms with Crippen LogP contribution >= 0.6 is 0 Å². The third-order valence-electron chi connectivity index (χ3n) is 3.07. The van der Waals surface area contributed by atoms with E-state index in [4.69, 9.17) is 0 Å². The summed E-state index contributed by atoms with van der Waals surface area (Å²) >= 11 is 0. The van der Waals surface area contributed by atoms with Gasteiger partial charge in [0, 0.05) is 5.56 Å². The van der Waals surface area contributed by atoms with E-state index in [-0.39, 0.29) is 11.5 Å². The molecule has 18 heavy (non-hydrogen) atoms. The zero-order valence-electron chi connectivity index (χ0n) is 10.6. The highest BCUT2D eigenvalue weighted by atomic mass is 16.3. The predicted molar refractivity (Wildman–Crippen MR) is 72.9 cm³/mol. The normalized spacial score (nSPS) is 10.3. The molecule has 2 nitrogen and oxygen atoms in total. The third-order valence-corrected chi connectivity index (χ3v) is 3.07. The zero-order valence-corrected chi connectivity index (χ0v) is 10.6. The Kier molecular flexibility index (Phi) is 3.47. The van der Waals surface area contributed by atoms with E-state index in [1.807, 2.05) is 37.3 Å². The van der Waals surface area contributed by atoms with E-state index in [2.05, 4.69) is 0 Å². The molecule has 0 aromatic heterocycles. The Morgan fingerprint density at radius 2 is 1.67 bits per heavy atom. The van der Waals surface area contributed by atoms with Crippen LogP contribution in [0.4, 0.5) is 0 Å². The van der Waals surface area contributed by atoms with Gasteiger partial charge in [0.25, 0.3) is 0 Å². The van der Waals surface area contributed by atoms with Gasteiger partial charge in [0.2, 0.25) is 0 Å². The van der Waals surface area contributed by atoms with Crippen LogP contribution in [0.5, 0.6) is 5.75 Å². The number of benzene rings is 2. The molecule has 0 saturated carbocycles. The lowest BCUT2D eigenvalue weighted by Gasteiger charge is -2.08. The van der Waals surface area contributed by atoms with Gasteiger partial charge in [0.15, 0.2) is 5.78 Å². The van der Waals surface area contributed by atoms with Crippen molar-refractivity contribution in [1.82, 2.24) is 0 Å². The first-order valence-corrected chi connectivity index (χ1v) is 6.05. The van der Waals surface area contributed by atoms with Gasteiger partial charge in [-0.15, -0.1) is 0 Å². The number of carbonyl (C=O) groups is 1. The van der Waals surface area contributed by atoms with Crippen molar-refractivity contribution < 1.29 is 9.90 Å². The molecular weight excluding hydrogens is 224 g/mol. The fraction of sp³-hybridized carbons (Fsp3) is 0.188. The number of phenolic OH excluding ortho intramolecular Hbond substituents is 1. The van der Waals surface area contributed by atoms with E-state index in [9.17, 15) is 9.90 Å². The smallest absolute Gasteiger partial charge is 0.160 e. The molecule has 1 N–H and O–H groups in total. The molecular formula is C16H16O2. The molecule has 0 aliphatic heterocycles. The fourth-order valence-corrected chi connectivity index (χ4v) is 2.06. The van der Waals surface area contributed by atoms with Gasteiger partial charge in [0.05, 0.1) is 0 Å². The molecule has 0 fully saturated rings. The van der Waals surface area contributed by atoms with Gasteiger partial charge in [-0.3, -0.25) is 4.79 Å². The highest BCUT2D eigenvalue weighted by Crippen LogP contribution is 2.25. The first-order chi connectivity index (χ1) is 8.61. The number of Topliss-reactive ketones (excluding diaryl/α,β-unsaturated/α-hetero) is 1. The van der Waals surface area contributed by atoms with Crippen molar-refractivity contribution >= 4 is 5.78 Å². The Labute approximate surface area is 107 Å². The van der Waals surface area contributed by atoms with Crippen molar-refractivity contribution in [3.8, 4) is 16.9 Å². The Balaban J connectivity index is 2.47. The van der Waals surface area contributed by atoms with Crippen LogP contribution in [0.3, 0.4) is 0 Å². The monoisotopic (exact) mass is 240 g/mol. The lowest BCUT2D eigenvalue weighted by molar-refractivity contribution is 0.101. The summed E-state index contributed by atoms with van der Waals surface area (Å²) in [6, 6.07) is 12.9. The van der Waals surface area contributed by atoms with Crippen LogP contribution in [-0.4, -0.2) is 10.9 Å². The van der Waals surface area contributed by atoms with E-state index >= 15 is 0 Å². The Bertz CT molecular complexity index is 568. The summed E-state index contributed by atoms with van der Waals surface area (Å²) in [7, 11) is 0. The maximum atomic E-state index is 11.5. The van der Waals surface area contributed by atoms with Gasteiger partial charge in [-0.05, 0) is 42.2 Å². The van der Waals surface area contributed by atoms with Crippen molar-refractivity contribution in [3.05, 3.63) is 53.6 Å². The van der Waals surface area contributed by atoms with Gasteiger partial charge < -0.3 is 5.11 Å². The van der Waals surface area contributed by atoms with Crippen LogP contribution in [0, 0.1) is 0 Å². The van der Waals surface area contributed by atoms with E-state index in [1.165, 1.54) is 0 Å². The second-order valence-electron chi connectivity index (χ2n) is 4.33. The third kappa shape index (κ3) is 2.43. The number of hydrogen-bond acceptors (Lipinski definition) is 2. The van der Waals surface area contributed by atoms with Crippen molar-refractivity contribution in [2.45, 2.75) is 20.3 Å². The molecule has 0 aliphatic rings. The maximum absolute atomic E-state index is 11.5. The average Bonchev–Trinajstić information content (AvgIpc) is 2.38. The molecule has 2 aromatic carbocycles. The second kappa shape index (κ2) is 5.05. The summed E-state index contributed by atoms with van der Waals surface area (Å²) in [5.74, 6) is 0.360. The molecule has 0 unspecified atom stereocenters. The molecule has 0 saturated heterocycles. The standard InChI is InChI=1S/C16H16O2/c1-3-12-10-14(6-9-16(12)11(2)17)13-4-7-15(18)8-5-13/h4-10,18H,3H2,1-2H3. The lowest BCUT2D eigenvalue weighted by atomic mass is 9.96. The largest absolute Gasteiger partial charge is 0.508 e. The van der Waals surface area contributed by atoms with E-state index in [0.29, 0.717) is 0 Å². The van der Waals surface area contributed by atoms with Crippen LogP contribution in [0.15, 0.2) is 42.5 Å². The van der Waals surface area contributed by atoms with Gasteiger partial charge in [-0.2, -0.15) is 0 Å². The van der Waals surface area contributed by atoms with Crippen LogP contribution in [0.1, 0.15) is 29.8 Å². The van der Waals surface area contributed by atoms with Crippen LogP contribution < -0.4 is 0 Å². The Morgan fingerprint density at radius 3 is 2.22 bits per heavy atom. The number of rotatable bonds is 3. The molecule has 0 aliphatic carbocycles. The van der Waals surface area contributed by atoms with E-state index < -0.39 is 0 Å². The van der Waals surface area contributed by atoms with Crippen molar-refractivity contribution in [2.24, 2.45) is 0 Å². The van der Waals surface area contributed by atoms with Crippen molar-refractivity contribution in [2.75, 3.05) is 0 Å². The highest BCUT2D eigenvalue weighted by molar-refractivity contribution is 5.96. The Morgan fingerprint density at radius 1 is 1.06 bits per heavy atom. The van der Waals surface area contributed by atoms with Crippen LogP contribution in [0.2, 0.25) is 0 Å². The first kappa shape index (κ1) is 12.4. The molecule has 92 valence electrons. The summed E-state index contributed by atoms with van der Waals surface area (Å²) in [6.07, 6.45) is 0.834. The van der Waals surface area contributed by atoms with Crippen LogP contribution in [0.25, 0.3) is 11.1 Å². The summed E-state index contributed by atoms with van der Waals surface area (Å²) in [5, 5.41) is 9.28. The molecule has 0 amide bonds. The maximum Gasteiger partial charge on any atom is 0.160 e. The van der Waals surface area contributed by atoms with Gasteiger partial charge >= 0.3 is 0 Å².